The molecule has 0 spiro atoms. The molecule has 0 aliphatic heterocycles. The summed E-state index contributed by atoms with van der Waals surface area (Å²) in [5.74, 6) is -0.0933. The molecule has 0 saturated heterocycles. The van der Waals surface area contributed by atoms with E-state index in [1.807, 2.05) is 61.5 Å². The Bertz CT molecular complexity index is 762. The molecule has 2 amide bonds. The Morgan fingerprint density at radius 1 is 1.00 bits per heavy atom. The summed E-state index contributed by atoms with van der Waals surface area (Å²) >= 11 is 5.99. The van der Waals surface area contributed by atoms with E-state index in [9.17, 15) is 9.59 Å². The zero-order chi connectivity index (χ0) is 21.1. The SMILES string of the molecule is CCCCNC(=O)[C@@H](CC)N(Cc1ccc(Cl)cc1)C(=O)CCc1ccccc1. The van der Waals surface area contributed by atoms with E-state index < -0.39 is 6.04 Å². The van der Waals surface area contributed by atoms with Gasteiger partial charge >= 0.3 is 0 Å². The van der Waals surface area contributed by atoms with Crippen LogP contribution in [0.4, 0.5) is 0 Å². The first-order valence-corrected chi connectivity index (χ1v) is 10.8. The predicted molar refractivity (Wildman–Crippen MR) is 119 cm³/mol. The summed E-state index contributed by atoms with van der Waals surface area (Å²) in [4.78, 5) is 27.6. The molecule has 4 nitrogen and oxygen atoms in total. The number of carbonyl (C=O) groups is 2. The van der Waals surface area contributed by atoms with Crippen molar-refractivity contribution in [1.82, 2.24) is 10.2 Å². The number of unbranched alkanes of at least 4 members (excludes halogenated alkanes) is 1. The van der Waals surface area contributed by atoms with Crippen LogP contribution in [0.25, 0.3) is 0 Å². The van der Waals surface area contributed by atoms with Crippen LogP contribution in [0, 0.1) is 0 Å². The summed E-state index contributed by atoms with van der Waals surface area (Å²) in [6.07, 6.45) is 3.55. The number of nitrogens with zero attached hydrogens (tertiary/aromatic N) is 1. The van der Waals surface area contributed by atoms with Crippen molar-refractivity contribution in [3.8, 4) is 0 Å². The number of rotatable bonds is 11. The zero-order valence-electron chi connectivity index (χ0n) is 17.4. The van der Waals surface area contributed by atoms with E-state index in [-0.39, 0.29) is 11.8 Å². The third-order valence-electron chi connectivity index (χ3n) is 4.95. The van der Waals surface area contributed by atoms with Crippen molar-refractivity contribution in [2.45, 2.75) is 58.5 Å². The van der Waals surface area contributed by atoms with E-state index in [0.717, 1.165) is 24.0 Å². The molecule has 2 aromatic carbocycles. The Kier molecular flexibility index (Phi) is 9.72. The van der Waals surface area contributed by atoms with Gasteiger partial charge in [-0.3, -0.25) is 9.59 Å². The van der Waals surface area contributed by atoms with Gasteiger partial charge in [0.15, 0.2) is 0 Å². The molecule has 29 heavy (non-hydrogen) atoms. The number of aryl methyl sites for hydroxylation is 1. The maximum Gasteiger partial charge on any atom is 0.242 e. The molecule has 0 heterocycles. The van der Waals surface area contributed by atoms with Crippen LogP contribution in [0.5, 0.6) is 0 Å². The van der Waals surface area contributed by atoms with Gasteiger partial charge in [-0.1, -0.05) is 74.3 Å². The number of hydrogen-bond acceptors (Lipinski definition) is 2. The van der Waals surface area contributed by atoms with Crippen molar-refractivity contribution in [3.63, 3.8) is 0 Å². The predicted octanol–water partition coefficient (Wildman–Crippen LogP) is 5.00. The van der Waals surface area contributed by atoms with Crippen molar-refractivity contribution in [2.24, 2.45) is 0 Å². The molecule has 0 aliphatic carbocycles. The molecular weight excluding hydrogens is 384 g/mol. The maximum absolute atomic E-state index is 13.1. The van der Waals surface area contributed by atoms with Gasteiger partial charge in [-0.25, -0.2) is 0 Å². The van der Waals surface area contributed by atoms with Gasteiger partial charge in [0.05, 0.1) is 0 Å². The highest BCUT2D eigenvalue weighted by molar-refractivity contribution is 6.30. The molecule has 0 aliphatic rings. The summed E-state index contributed by atoms with van der Waals surface area (Å²) in [5.41, 5.74) is 2.08. The topological polar surface area (TPSA) is 49.4 Å². The monoisotopic (exact) mass is 414 g/mol. The summed E-state index contributed by atoms with van der Waals surface area (Å²) in [5, 5.41) is 3.64. The molecule has 1 N–H and O–H groups in total. The van der Waals surface area contributed by atoms with Crippen LogP contribution in [0.2, 0.25) is 5.02 Å². The summed E-state index contributed by atoms with van der Waals surface area (Å²) in [6.45, 7) is 5.07. The number of carbonyl (C=O) groups excluding carboxylic acids is 2. The molecule has 0 unspecified atom stereocenters. The lowest BCUT2D eigenvalue weighted by atomic mass is 10.1. The van der Waals surface area contributed by atoms with Crippen LogP contribution in [0.3, 0.4) is 0 Å². The molecule has 0 radical (unpaired) electrons. The van der Waals surface area contributed by atoms with Crippen LogP contribution >= 0.6 is 11.6 Å². The molecule has 2 rings (SSSR count). The first kappa shape index (κ1) is 23.0. The molecule has 0 saturated carbocycles. The molecule has 0 fully saturated rings. The van der Waals surface area contributed by atoms with Gasteiger partial charge in [0, 0.05) is 24.5 Å². The lowest BCUT2D eigenvalue weighted by Crippen LogP contribution is -2.49. The van der Waals surface area contributed by atoms with E-state index in [4.69, 9.17) is 11.6 Å². The lowest BCUT2D eigenvalue weighted by Gasteiger charge is -2.31. The molecule has 156 valence electrons. The van der Waals surface area contributed by atoms with Crippen molar-refractivity contribution in [3.05, 3.63) is 70.7 Å². The fourth-order valence-corrected chi connectivity index (χ4v) is 3.38. The number of halogens is 1. The molecule has 0 aromatic heterocycles. The third kappa shape index (κ3) is 7.54. The van der Waals surface area contributed by atoms with E-state index in [1.165, 1.54) is 0 Å². The van der Waals surface area contributed by atoms with Crippen molar-refractivity contribution >= 4 is 23.4 Å². The first-order valence-electron chi connectivity index (χ1n) is 10.4. The van der Waals surface area contributed by atoms with Crippen LogP contribution in [0.1, 0.15) is 50.7 Å². The van der Waals surface area contributed by atoms with Gasteiger partial charge in [-0.2, -0.15) is 0 Å². The van der Waals surface area contributed by atoms with Crippen molar-refractivity contribution in [2.75, 3.05) is 6.54 Å². The molecule has 1 atom stereocenters. The van der Waals surface area contributed by atoms with Gasteiger partial charge < -0.3 is 10.2 Å². The number of hydrogen-bond donors (Lipinski definition) is 1. The number of benzene rings is 2. The third-order valence-corrected chi connectivity index (χ3v) is 5.20. The first-order chi connectivity index (χ1) is 14.0. The molecule has 5 heteroatoms. The van der Waals surface area contributed by atoms with Gasteiger partial charge in [0.2, 0.25) is 11.8 Å². The minimum Gasteiger partial charge on any atom is -0.354 e. The van der Waals surface area contributed by atoms with E-state index >= 15 is 0 Å². The smallest absolute Gasteiger partial charge is 0.242 e. The fourth-order valence-electron chi connectivity index (χ4n) is 3.25. The van der Waals surface area contributed by atoms with Crippen LogP contribution in [-0.2, 0) is 22.6 Å². The number of nitrogens with one attached hydrogen (secondary N) is 1. The minimum atomic E-state index is -0.481. The average Bonchev–Trinajstić information content (AvgIpc) is 2.74. The quantitative estimate of drug-likeness (QED) is 0.526. The minimum absolute atomic E-state index is 0.0127. The van der Waals surface area contributed by atoms with E-state index in [1.54, 1.807) is 4.90 Å². The number of amides is 2. The second kappa shape index (κ2) is 12.3. The Hall–Kier alpha value is -2.33. The van der Waals surface area contributed by atoms with Gasteiger partial charge in [0.25, 0.3) is 0 Å². The zero-order valence-corrected chi connectivity index (χ0v) is 18.1. The van der Waals surface area contributed by atoms with Crippen LogP contribution < -0.4 is 5.32 Å². The summed E-state index contributed by atoms with van der Waals surface area (Å²) < 4.78 is 0. The largest absolute Gasteiger partial charge is 0.354 e. The summed E-state index contributed by atoms with van der Waals surface area (Å²) in [7, 11) is 0. The Balaban J connectivity index is 2.14. The van der Waals surface area contributed by atoms with Crippen LogP contribution in [-0.4, -0.2) is 29.3 Å². The highest BCUT2D eigenvalue weighted by atomic mass is 35.5. The van der Waals surface area contributed by atoms with Gasteiger partial charge in [0.1, 0.15) is 6.04 Å². The van der Waals surface area contributed by atoms with Gasteiger partial charge in [-0.15, -0.1) is 0 Å². The second-order valence-corrected chi connectivity index (χ2v) is 7.64. The van der Waals surface area contributed by atoms with E-state index in [0.29, 0.717) is 37.4 Å². The van der Waals surface area contributed by atoms with Gasteiger partial charge in [-0.05, 0) is 42.5 Å². The highest BCUT2D eigenvalue weighted by Crippen LogP contribution is 2.17. The van der Waals surface area contributed by atoms with Crippen molar-refractivity contribution < 1.29 is 9.59 Å². The highest BCUT2D eigenvalue weighted by Gasteiger charge is 2.28. The van der Waals surface area contributed by atoms with Crippen LogP contribution in [0.15, 0.2) is 54.6 Å². The lowest BCUT2D eigenvalue weighted by molar-refractivity contribution is -0.141. The Morgan fingerprint density at radius 3 is 2.31 bits per heavy atom. The molecule has 2 aromatic rings. The molecule has 0 bridgehead atoms. The Morgan fingerprint density at radius 2 is 1.69 bits per heavy atom. The standard InChI is InChI=1S/C24H31ClN2O2/c1-3-5-17-26-24(29)22(4-2)27(18-20-11-14-21(25)15-12-20)23(28)16-13-19-9-7-6-8-10-19/h6-12,14-15,22H,3-5,13,16-18H2,1-2H3,(H,26,29)/t22-/m1/s1. The van der Waals surface area contributed by atoms with E-state index in [2.05, 4.69) is 12.2 Å². The Labute approximate surface area is 179 Å². The fraction of sp³-hybridized carbons (Fsp3) is 0.417. The second-order valence-electron chi connectivity index (χ2n) is 7.20. The normalized spacial score (nSPS) is 11.7. The average molecular weight is 415 g/mol. The summed E-state index contributed by atoms with van der Waals surface area (Å²) in [6, 6.07) is 16.9. The molecular formula is C24H31ClN2O2. The van der Waals surface area contributed by atoms with Crippen molar-refractivity contribution in [1.29, 1.82) is 0 Å². The maximum atomic E-state index is 13.1.